The zero-order chi connectivity index (χ0) is 20.8. The Morgan fingerprint density at radius 2 is 1.19 bits per heavy atom. The number of aliphatic hydroxyl groups excluding tert-OH is 1. The van der Waals surface area contributed by atoms with E-state index in [-0.39, 0.29) is 6.61 Å². The monoisotopic (exact) mass is 399 g/mol. The van der Waals surface area contributed by atoms with Crippen molar-refractivity contribution >= 4 is 49.4 Å². The van der Waals surface area contributed by atoms with Crippen LogP contribution in [0.3, 0.4) is 0 Å². The smallest absolute Gasteiger partial charge is 0.0682 e. The summed E-state index contributed by atoms with van der Waals surface area (Å²) in [5, 5.41) is 17.3. The van der Waals surface area contributed by atoms with Crippen molar-refractivity contribution in [2.75, 3.05) is 4.90 Å². The highest BCUT2D eigenvalue weighted by molar-refractivity contribution is 6.25. The zero-order valence-electron chi connectivity index (χ0n) is 17.0. The molecular formula is C29H21NO. The number of para-hydroxylation sites is 1. The molecule has 0 spiro atoms. The molecule has 0 heterocycles. The quantitative estimate of drug-likeness (QED) is 0.309. The molecule has 31 heavy (non-hydrogen) atoms. The average Bonchev–Trinajstić information content (AvgIpc) is 2.84. The Bertz CT molecular complexity index is 1500. The maximum Gasteiger partial charge on any atom is 0.0682 e. The number of rotatable bonds is 4. The van der Waals surface area contributed by atoms with Crippen LogP contribution in [-0.2, 0) is 6.61 Å². The first-order valence-corrected chi connectivity index (χ1v) is 10.5. The molecule has 0 aromatic heterocycles. The number of anilines is 3. The van der Waals surface area contributed by atoms with Gasteiger partial charge in [-0.15, -0.1) is 0 Å². The Labute approximate surface area is 180 Å². The molecule has 0 aliphatic rings. The largest absolute Gasteiger partial charge is 0.392 e. The van der Waals surface area contributed by atoms with Gasteiger partial charge in [0.1, 0.15) is 0 Å². The standard InChI is InChI=1S/C29H21NO/c31-19-20-6-4-11-25(18-20)30(24-9-2-1-3-10-24)27-17-15-23-13-12-21-7-5-8-22-14-16-26(27)29(23)28(21)22/h1-18,31H,19H2. The molecule has 6 aromatic carbocycles. The highest BCUT2D eigenvalue weighted by Crippen LogP contribution is 2.43. The lowest BCUT2D eigenvalue weighted by atomic mass is 9.93. The van der Waals surface area contributed by atoms with Crippen molar-refractivity contribution in [3.8, 4) is 0 Å². The van der Waals surface area contributed by atoms with E-state index in [0.717, 1.165) is 22.6 Å². The van der Waals surface area contributed by atoms with Crippen molar-refractivity contribution in [1.29, 1.82) is 0 Å². The van der Waals surface area contributed by atoms with Crippen molar-refractivity contribution in [2.45, 2.75) is 6.61 Å². The summed E-state index contributed by atoms with van der Waals surface area (Å²) >= 11 is 0. The van der Waals surface area contributed by atoms with E-state index in [1.165, 1.54) is 32.3 Å². The summed E-state index contributed by atoms with van der Waals surface area (Å²) in [6.45, 7) is 0.0228. The van der Waals surface area contributed by atoms with Gasteiger partial charge in [-0.25, -0.2) is 0 Å². The summed E-state index contributed by atoms with van der Waals surface area (Å²) in [6.07, 6.45) is 0. The van der Waals surface area contributed by atoms with Gasteiger partial charge in [0.25, 0.3) is 0 Å². The van der Waals surface area contributed by atoms with Crippen LogP contribution in [-0.4, -0.2) is 5.11 Å². The molecule has 0 amide bonds. The summed E-state index contributed by atoms with van der Waals surface area (Å²) in [5.74, 6) is 0. The highest BCUT2D eigenvalue weighted by atomic mass is 16.3. The maximum absolute atomic E-state index is 9.72. The summed E-state index contributed by atoms with van der Waals surface area (Å²) in [7, 11) is 0. The lowest BCUT2D eigenvalue weighted by Gasteiger charge is -2.28. The molecule has 0 unspecified atom stereocenters. The second kappa shape index (κ2) is 7.12. The number of benzene rings is 6. The molecule has 2 nitrogen and oxygen atoms in total. The molecule has 6 aromatic rings. The predicted molar refractivity (Wildman–Crippen MR) is 131 cm³/mol. The minimum atomic E-state index is 0.0228. The third-order valence-electron chi connectivity index (χ3n) is 6.11. The topological polar surface area (TPSA) is 23.5 Å². The third-order valence-corrected chi connectivity index (χ3v) is 6.11. The molecule has 6 rings (SSSR count). The first-order chi connectivity index (χ1) is 15.3. The molecule has 0 aliphatic heterocycles. The van der Waals surface area contributed by atoms with Crippen LogP contribution < -0.4 is 4.90 Å². The minimum absolute atomic E-state index is 0.0228. The van der Waals surface area contributed by atoms with E-state index in [9.17, 15) is 5.11 Å². The van der Waals surface area contributed by atoms with Crippen LogP contribution in [0.2, 0.25) is 0 Å². The van der Waals surface area contributed by atoms with Crippen molar-refractivity contribution in [3.05, 3.63) is 115 Å². The Balaban J connectivity index is 1.70. The van der Waals surface area contributed by atoms with Crippen molar-refractivity contribution in [3.63, 3.8) is 0 Å². The Morgan fingerprint density at radius 3 is 1.97 bits per heavy atom. The molecule has 148 valence electrons. The summed E-state index contributed by atoms with van der Waals surface area (Å²) in [6, 6.07) is 38.4. The molecule has 0 aliphatic carbocycles. The zero-order valence-corrected chi connectivity index (χ0v) is 17.0. The molecule has 0 radical (unpaired) electrons. The van der Waals surface area contributed by atoms with E-state index in [0.29, 0.717) is 0 Å². The Hall–Kier alpha value is -3.88. The van der Waals surface area contributed by atoms with E-state index in [1.54, 1.807) is 0 Å². The Morgan fingerprint density at radius 1 is 0.548 bits per heavy atom. The van der Waals surface area contributed by atoms with Crippen molar-refractivity contribution in [2.24, 2.45) is 0 Å². The minimum Gasteiger partial charge on any atom is -0.392 e. The van der Waals surface area contributed by atoms with Gasteiger partial charge in [0.05, 0.1) is 12.3 Å². The van der Waals surface area contributed by atoms with E-state index >= 15 is 0 Å². The maximum atomic E-state index is 9.72. The molecule has 0 saturated heterocycles. The fourth-order valence-corrected chi connectivity index (χ4v) is 4.71. The molecule has 0 fully saturated rings. The van der Waals surface area contributed by atoms with Crippen LogP contribution in [0.15, 0.2) is 109 Å². The van der Waals surface area contributed by atoms with Crippen LogP contribution in [0.1, 0.15) is 5.56 Å². The van der Waals surface area contributed by atoms with Crippen LogP contribution >= 0.6 is 0 Å². The predicted octanol–water partition coefficient (Wildman–Crippen LogP) is 7.55. The lowest BCUT2D eigenvalue weighted by molar-refractivity contribution is 0.282. The highest BCUT2D eigenvalue weighted by Gasteiger charge is 2.18. The Kier molecular flexibility index (Phi) is 4.12. The van der Waals surface area contributed by atoms with Gasteiger partial charge in [-0.05, 0) is 62.8 Å². The van der Waals surface area contributed by atoms with E-state index in [4.69, 9.17) is 0 Å². The van der Waals surface area contributed by atoms with Gasteiger partial charge in [0.15, 0.2) is 0 Å². The number of aliphatic hydroxyl groups is 1. The number of hydrogen-bond donors (Lipinski definition) is 1. The van der Waals surface area contributed by atoms with Gasteiger partial charge < -0.3 is 10.0 Å². The molecule has 0 atom stereocenters. The fraction of sp³-hybridized carbons (Fsp3) is 0.0345. The van der Waals surface area contributed by atoms with Gasteiger partial charge in [-0.3, -0.25) is 0 Å². The van der Waals surface area contributed by atoms with E-state index < -0.39 is 0 Å². The van der Waals surface area contributed by atoms with Gasteiger partial charge in [-0.2, -0.15) is 0 Å². The van der Waals surface area contributed by atoms with Crippen LogP contribution in [0, 0.1) is 0 Å². The molecule has 0 bridgehead atoms. The summed E-state index contributed by atoms with van der Waals surface area (Å²) in [4.78, 5) is 2.28. The van der Waals surface area contributed by atoms with Gasteiger partial charge >= 0.3 is 0 Å². The first-order valence-electron chi connectivity index (χ1n) is 10.5. The van der Waals surface area contributed by atoms with Gasteiger partial charge in [-0.1, -0.05) is 78.9 Å². The van der Waals surface area contributed by atoms with Crippen LogP contribution in [0.25, 0.3) is 32.3 Å². The van der Waals surface area contributed by atoms with E-state index in [1.807, 2.05) is 18.2 Å². The van der Waals surface area contributed by atoms with Crippen molar-refractivity contribution in [1.82, 2.24) is 0 Å². The van der Waals surface area contributed by atoms with Crippen LogP contribution in [0.4, 0.5) is 17.1 Å². The first kappa shape index (κ1) is 17.9. The molecular weight excluding hydrogens is 378 g/mol. The third kappa shape index (κ3) is 2.84. The van der Waals surface area contributed by atoms with Crippen LogP contribution in [0.5, 0.6) is 0 Å². The SMILES string of the molecule is OCc1cccc(N(c2ccccc2)c2ccc3ccc4cccc5ccc2c3c45)c1. The lowest BCUT2D eigenvalue weighted by Crippen LogP contribution is -2.11. The summed E-state index contributed by atoms with van der Waals surface area (Å²) < 4.78 is 0. The second-order valence-electron chi connectivity index (χ2n) is 7.94. The van der Waals surface area contributed by atoms with E-state index in [2.05, 4.69) is 95.9 Å². The fourth-order valence-electron chi connectivity index (χ4n) is 4.71. The number of nitrogens with zero attached hydrogens (tertiary/aromatic N) is 1. The average molecular weight is 399 g/mol. The molecule has 1 N–H and O–H groups in total. The second-order valence-corrected chi connectivity index (χ2v) is 7.94. The summed E-state index contributed by atoms with van der Waals surface area (Å²) in [5.41, 5.74) is 4.16. The number of hydrogen-bond acceptors (Lipinski definition) is 2. The molecule has 0 saturated carbocycles. The van der Waals surface area contributed by atoms with Gasteiger partial charge in [0.2, 0.25) is 0 Å². The van der Waals surface area contributed by atoms with Crippen molar-refractivity contribution < 1.29 is 5.11 Å². The normalized spacial score (nSPS) is 11.5. The van der Waals surface area contributed by atoms with Gasteiger partial charge in [0, 0.05) is 16.8 Å². The molecule has 2 heteroatoms.